The van der Waals surface area contributed by atoms with Crippen LogP contribution in [0.4, 0.5) is 4.39 Å². The van der Waals surface area contributed by atoms with E-state index >= 15 is 0 Å². The van der Waals surface area contributed by atoms with E-state index in [1.807, 2.05) is 30.3 Å². The summed E-state index contributed by atoms with van der Waals surface area (Å²) >= 11 is 0. The van der Waals surface area contributed by atoms with Crippen molar-refractivity contribution in [3.8, 4) is 22.5 Å². The number of hydrogen-bond acceptors (Lipinski definition) is 4. The molecule has 0 amide bonds. The van der Waals surface area contributed by atoms with Crippen LogP contribution >= 0.6 is 0 Å². The predicted octanol–water partition coefficient (Wildman–Crippen LogP) is 3.99. The van der Waals surface area contributed by atoms with Crippen molar-refractivity contribution in [2.24, 2.45) is 0 Å². The molecule has 26 heavy (non-hydrogen) atoms. The van der Waals surface area contributed by atoms with Gasteiger partial charge in [-0.15, -0.1) is 5.10 Å². The van der Waals surface area contributed by atoms with Crippen LogP contribution in [0.5, 0.6) is 0 Å². The van der Waals surface area contributed by atoms with Gasteiger partial charge in [-0.1, -0.05) is 42.5 Å². The molecule has 0 N–H and O–H groups in total. The van der Waals surface area contributed by atoms with Crippen LogP contribution in [-0.4, -0.2) is 27.7 Å². The number of esters is 1. The molecule has 0 radical (unpaired) electrons. The maximum Gasteiger partial charge on any atom is 0.341 e. The van der Waals surface area contributed by atoms with Crippen molar-refractivity contribution in [3.05, 3.63) is 78.2 Å². The molecule has 6 heteroatoms. The van der Waals surface area contributed by atoms with Gasteiger partial charge in [-0.3, -0.25) is 0 Å². The molecular formula is C20H14FN3O2. The first-order valence-electron chi connectivity index (χ1n) is 7.96. The molecule has 2 aromatic heterocycles. The molecule has 0 fully saturated rings. The minimum absolute atomic E-state index is 0.207. The number of fused-ring (bicyclic) bond motifs is 1. The summed E-state index contributed by atoms with van der Waals surface area (Å²) in [5.74, 6) is -0.745. The second kappa shape index (κ2) is 6.40. The summed E-state index contributed by atoms with van der Waals surface area (Å²) in [5, 5.41) is 4.37. The highest BCUT2D eigenvalue weighted by Crippen LogP contribution is 2.26. The SMILES string of the molecule is COC(=O)c1cc(-c2ccccc2)cn2nc(-c3ccccc3F)nc12. The lowest BCUT2D eigenvalue weighted by molar-refractivity contribution is 0.0602. The number of nitrogens with zero attached hydrogens (tertiary/aromatic N) is 3. The molecule has 0 aliphatic carbocycles. The van der Waals surface area contributed by atoms with Gasteiger partial charge in [0.15, 0.2) is 11.5 Å². The zero-order chi connectivity index (χ0) is 18.1. The third kappa shape index (κ3) is 2.71. The van der Waals surface area contributed by atoms with Crippen LogP contribution in [0.15, 0.2) is 66.9 Å². The summed E-state index contributed by atoms with van der Waals surface area (Å²) < 4.78 is 20.5. The molecule has 0 saturated heterocycles. The molecule has 5 nitrogen and oxygen atoms in total. The molecule has 128 valence electrons. The van der Waals surface area contributed by atoms with E-state index in [1.165, 1.54) is 17.7 Å². The van der Waals surface area contributed by atoms with E-state index in [1.54, 1.807) is 30.5 Å². The summed E-state index contributed by atoms with van der Waals surface area (Å²) in [5.41, 5.74) is 2.55. The number of methoxy groups -OCH3 is 1. The van der Waals surface area contributed by atoms with Gasteiger partial charge in [-0.25, -0.2) is 18.7 Å². The molecule has 0 atom stereocenters. The van der Waals surface area contributed by atoms with Gasteiger partial charge in [0.05, 0.1) is 12.7 Å². The molecule has 0 bridgehead atoms. The van der Waals surface area contributed by atoms with Crippen molar-refractivity contribution < 1.29 is 13.9 Å². The van der Waals surface area contributed by atoms with Crippen LogP contribution < -0.4 is 0 Å². The van der Waals surface area contributed by atoms with E-state index in [0.29, 0.717) is 5.65 Å². The zero-order valence-electron chi connectivity index (χ0n) is 13.9. The Hall–Kier alpha value is -3.54. The van der Waals surface area contributed by atoms with Crippen LogP contribution in [0.3, 0.4) is 0 Å². The fourth-order valence-corrected chi connectivity index (χ4v) is 2.79. The molecular weight excluding hydrogens is 333 g/mol. The third-order valence-electron chi connectivity index (χ3n) is 4.06. The minimum Gasteiger partial charge on any atom is -0.465 e. The van der Waals surface area contributed by atoms with Gasteiger partial charge in [0.1, 0.15) is 11.4 Å². The van der Waals surface area contributed by atoms with Crippen molar-refractivity contribution in [2.45, 2.75) is 0 Å². The lowest BCUT2D eigenvalue weighted by Gasteiger charge is -2.06. The van der Waals surface area contributed by atoms with E-state index in [0.717, 1.165) is 11.1 Å². The first-order chi connectivity index (χ1) is 12.7. The Morgan fingerprint density at radius 1 is 1.04 bits per heavy atom. The fraction of sp³-hybridized carbons (Fsp3) is 0.0500. The Kier molecular flexibility index (Phi) is 3.93. The number of rotatable bonds is 3. The van der Waals surface area contributed by atoms with Crippen LogP contribution in [0.1, 0.15) is 10.4 Å². The quantitative estimate of drug-likeness (QED) is 0.526. The number of carbonyl (C=O) groups excluding carboxylic acids is 1. The monoisotopic (exact) mass is 347 g/mol. The molecule has 0 aliphatic rings. The highest BCUT2D eigenvalue weighted by atomic mass is 19.1. The number of halogens is 1. The number of hydrogen-bond donors (Lipinski definition) is 0. The molecule has 2 heterocycles. The largest absolute Gasteiger partial charge is 0.465 e. The molecule has 0 aliphatic heterocycles. The predicted molar refractivity (Wildman–Crippen MR) is 95.2 cm³/mol. The Labute approximate surface area is 148 Å². The molecule has 0 spiro atoms. The lowest BCUT2D eigenvalue weighted by Crippen LogP contribution is -2.05. The standard InChI is InChI=1S/C20H14FN3O2/c1-26-20(25)16-11-14(13-7-3-2-4-8-13)12-24-19(16)22-18(23-24)15-9-5-6-10-17(15)21/h2-12H,1H3. The first kappa shape index (κ1) is 16.0. The third-order valence-corrected chi connectivity index (χ3v) is 4.06. The number of pyridine rings is 1. The van der Waals surface area contributed by atoms with Gasteiger partial charge in [0, 0.05) is 11.8 Å². The summed E-state index contributed by atoms with van der Waals surface area (Å²) in [6.07, 6.45) is 1.76. The number of ether oxygens (including phenoxy) is 1. The number of benzene rings is 2. The normalized spacial score (nSPS) is 10.8. The topological polar surface area (TPSA) is 56.5 Å². The second-order valence-corrected chi connectivity index (χ2v) is 5.68. The molecule has 4 rings (SSSR count). The zero-order valence-corrected chi connectivity index (χ0v) is 13.9. The molecule has 2 aromatic carbocycles. The molecule has 4 aromatic rings. The Balaban J connectivity index is 1.96. The van der Waals surface area contributed by atoms with Crippen molar-refractivity contribution in [3.63, 3.8) is 0 Å². The van der Waals surface area contributed by atoms with Crippen molar-refractivity contribution in [2.75, 3.05) is 7.11 Å². The Bertz CT molecular complexity index is 1110. The maximum absolute atomic E-state index is 14.1. The van der Waals surface area contributed by atoms with Crippen LogP contribution in [0.2, 0.25) is 0 Å². The Morgan fingerprint density at radius 3 is 2.50 bits per heavy atom. The van der Waals surface area contributed by atoms with E-state index < -0.39 is 11.8 Å². The highest BCUT2D eigenvalue weighted by Gasteiger charge is 2.19. The van der Waals surface area contributed by atoms with Gasteiger partial charge in [-0.2, -0.15) is 0 Å². The van der Waals surface area contributed by atoms with E-state index in [-0.39, 0.29) is 17.0 Å². The van der Waals surface area contributed by atoms with Crippen LogP contribution in [0, 0.1) is 5.82 Å². The highest BCUT2D eigenvalue weighted by molar-refractivity contribution is 5.97. The minimum atomic E-state index is -0.528. The van der Waals surface area contributed by atoms with E-state index in [4.69, 9.17) is 4.74 Å². The van der Waals surface area contributed by atoms with Crippen LogP contribution in [-0.2, 0) is 4.74 Å². The summed E-state index contributed by atoms with van der Waals surface area (Å²) in [7, 11) is 1.31. The average Bonchev–Trinajstić information content (AvgIpc) is 3.11. The van der Waals surface area contributed by atoms with E-state index in [2.05, 4.69) is 10.1 Å². The smallest absolute Gasteiger partial charge is 0.341 e. The van der Waals surface area contributed by atoms with Gasteiger partial charge in [-0.05, 0) is 23.8 Å². The number of aromatic nitrogens is 3. The van der Waals surface area contributed by atoms with E-state index in [9.17, 15) is 9.18 Å². The summed E-state index contributed by atoms with van der Waals surface area (Å²) in [6.45, 7) is 0. The van der Waals surface area contributed by atoms with Crippen LogP contribution in [0.25, 0.3) is 28.2 Å². The lowest BCUT2D eigenvalue weighted by atomic mass is 10.1. The van der Waals surface area contributed by atoms with Gasteiger partial charge >= 0.3 is 5.97 Å². The van der Waals surface area contributed by atoms with Crippen molar-refractivity contribution >= 4 is 11.6 Å². The van der Waals surface area contributed by atoms with Gasteiger partial charge < -0.3 is 4.74 Å². The fourth-order valence-electron chi connectivity index (χ4n) is 2.79. The van der Waals surface area contributed by atoms with Gasteiger partial charge in [0.2, 0.25) is 0 Å². The van der Waals surface area contributed by atoms with Gasteiger partial charge in [0.25, 0.3) is 0 Å². The average molecular weight is 347 g/mol. The molecule has 0 unspecified atom stereocenters. The summed E-state index contributed by atoms with van der Waals surface area (Å²) in [4.78, 5) is 16.6. The second-order valence-electron chi connectivity index (χ2n) is 5.68. The Morgan fingerprint density at radius 2 is 1.77 bits per heavy atom. The first-order valence-corrected chi connectivity index (χ1v) is 7.96. The van der Waals surface area contributed by atoms with Crippen molar-refractivity contribution in [1.29, 1.82) is 0 Å². The number of carbonyl (C=O) groups is 1. The van der Waals surface area contributed by atoms with Crippen molar-refractivity contribution in [1.82, 2.24) is 14.6 Å². The summed E-state index contributed by atoms with van der Waals surface area (Å²) in [6, 6.07) is 17.5. The molecule has 0 saturated carbocycles. The maximum atomic E-state index is 14.1.